The summed E-state index contributed by atoms with van der Waals surface area (Å²) in [6.45, 7) is 2.10. The summed E-state index contributed by atoms with van der Waals surface area (Å²) in [5.74, 6) is 0.490. The first-order valence-electron chi connectivity index (χ1n) is 5.38. The van der Waals surface area contributed by atoms with Gasteiger partial charge in [-0.05, 0) is 41.6 Å². The molecule has 0 aliphatic carbocycles. The van der Waals surface area contributed by atoms with Crippen LogP contribution < -0.4 is 4.90 Å². The average molecular weight is 303 g/mol. The first-order valence-corrected chi connectivity index (χ1v) is 7.02. The molecule has 2 aromatic heterocycles. The smallest absolute Gasteiger partial charge is 0.230 e. The fourth-order valence-electron chi connectivity index (χ4n) is 1.53. The lowest BCUT2D eigenvalue weighted by Gasteiger charge is -2.24. The number of hydrogen-bond acceptors (Lipinski definition) is 5. The molecule has 0 amide bonds. The molecule has 0 bridgehead atoms. The fourth-order valence-corrected chi connectivity index (χ4v) is 2.71. The summed E-state index contributed by atoms with van der Waals surface area (Å²) in [5, 5.41) is 2.29. The molecule has 0 saturated carbocycles. The molecule has 2 rings (SSSR count). The molecule has 0 aromatic carbocycles. The third kappa shape index (κ3) is 3.31. The Morgan fingerprint density at radius 2 is 1.94 bits per heavy atom. The second-order valence-electron chi connectivity index (χ2n) is 3.92. The van der Waals surface area contributed by atoms with Gasteiger partial charge in [-0.1, -0.05) is 6.07 Å². The molecule has 4 nitrogen and oxygen atoms in total. The summed E-state index contributed by atoms with van der Waals surface area (Å²) in [5.41, 5.74) is 0. The first kappa shape index (κ1) is 13.5. The van der Waals surface area contributed by atoms with E-state index in [2.05, 4.69) is 33.3 Å². The Hall–Kier alpha value is -0.910. The van der Waals surface area contributed by atoms with Gasteiger partial charge in [0.05, 0.1) is 0 Å². The predicted molar refractivity (Wildman–Crippen MR) is 75.7 cm³/mol. The van der Waals surface area contributed by atoms with E-state index in [1.165, 1.54) is 4.88 Å². The minimum atomic E-state index is 0.111. The molecule has 0 radical (unpaired) electrons. The fraction of sp³-hybridized carbons (Fsp3) is 0.364. The van der Waals surface area contributed by atoms with E-state index in [1.807, 2.05) is 18.0 Å². The van der Waals surface area contributed by atoms with E-state index in [0.717, 1.165) is 6.42 Å². The topological polar surface area (TPSA) is 41.9 Å². The van der Waals surface area contributed by atoms with Crippen molar-refractivity contribution in [3.63, 3.8) is 0 Å². The van der Waals surface area contributed by atoms with E-state index in [-0.39, 0.29) is 16.6 Å². The molecule has 0 saturated heterocycles. The van der Waals surface area contributed by atoms with Crippen molar-refractivity contribution in [2.75, 3.05) is 11.9 Å². The highest BCUT2D eigenvalue weighted by molar-refractivity contribution is 7.09. The van der Waals surface area contributed by atoms with Gasteiger partial charge in [-0.25, -0.2) is 0 Å². The van der Waals surface area contributed by atoms with Gasteiger partial charge in [-0.15, -0.1) is 11.3 Å². The van der Waals surface area contributed by atoms with E-state index in [9.17, 15) is 0 Å². The molecule has 0 fully saturated rings. The summed E-state index contributed by atoms with van der Waals surface area (Å²) in [7, 11) is 1.92. The van der Waals surface area contributed by atoms with E-state index in [1.54, 1.807) is 11.3 Å². The largest absolute Gasteiger partial charge is 0.341 e. The Morgan fingerprint density at radius 3 is 2.50 bits per heavy atom. The van der Waals surface area contributed by atoms with Crippen LogP contribution in [0.1, 0.15) is 11.8 Å². The van der Waals surface area contributed by atoms with Crippen LogP contribution in [-0.2, 0) is 6.42 Å². The van der Waals surface area contributed by atoms with Gasteiger partial charge in [0.1, 0.15) is 0 Å². The maximum Gasteiger partial charge on any atom is 0.230 e. The second-order valence-corrected chi connectivity index (χ2v) is 5.63. The van der Waals surface area contributed by atoms with Crippen molar-refractivity contribution in [2.24, 2.45) is 0 Å². The van der Waals surface area contributed by atoms with Gasteiger partial charge in [-0.2, -0.15) is 15.0 Å². The standard InChI is InChI=1S/C11H12Cl2N4S/c1-7(6-8-4-3-5-18-8)17(2)11-15-9(12)14-10(13)16-11/h3-5,7H,6H2,1-2H3. The monoisotopic (exact) mass is 302 g/mol. The lowest BCUT2D eigenvalue weighted by Crippen LogP contribution is -2.32. The second kappa shape index (κ2) is 5.82. The number of halogens is 2. The van der Waals surface area contributed by atoms with Gasteiger partial charge in [0.2, 0.25) is 16.5 Å². The zero-order chi connectivity index (χ0) is 13.1. The highest BCUT2D eigenvalue weighted by Gasteiger charge is 2.15. The Balaban J connectivity index is 2.12. The van der Waals surface area contributed by atoms with Crippen molar-refractivity contribution in [3.8, 4) is 0 Å². The van der Waals surface area contributed by atoms with Gasteiger partial charge in [0.15, 0.2) is 0 Å². The van der Waals surface area contributed by atoms with Crippen molar-refractivity contribution < 1.29 is 0 Å². The minimum Gasteiger partial charge on any atom is -0.341 e. The Bertz CT molecular complexity index is 498. The molecular formula is C11H12Cl2N4S. The van der Waals surface area contributed by atoms with Gasteiger partial charge < -0.3 is 4.90 Å². The number of likely N-dealkylation sites (N-methyl/N-ethyl adjacent to an activating group) is 1. The third-order valence-electron chi connectivity index (χ3n) is 2.62. The summed E-state index contributed by atoms with van der Waals surface area (Å²) in [4.78, 5) is 15.1. The molecule has 2 aromatic rings. The lowest BCUT2D eigenvalue weighted by molar-refractivity contribution is 0.668. The number of rotatable bonds is 4. The van der Waals surface area contributed by atoms with Gasteiger partial charge >= 0.3 is 0 Å². The summed E-state index contributed by atoms with van der Waals surface area (Å²) in [6, 6.07) is 4.41. The van der Waals surface area contributed by atoms with Gasteiger partial charge in [0.25, 0.3) is 0 Å². The van der Waals surface area contributed by atoms with Crippen LogP contribution in [0.25, 0.3) is 0 Å². The summed E-state index contributed by atoms with van der Waals surface area (Å²) in [6.07, 6.45) is 0.926. The SMILES string of the molecule is CC(Cc1cccs1)N(C)c1nc(Cl)nc(Cl)n1. The van der Waals surface area contributed by atoms with E-state index in [4.69, 9.17) is 23.2 Å². The molecule has 1 atom stereocenters. The van der Waals surface area contributed by atoms with Crippen LogP contribution in [0, 0.1) is 0 Å². The average Bonchev–Trinajstić information content (AvgIpc) is 2.79. The molecular weight excluding hydrogens is 291 g/mol. The van der Waals surface area contributed by atoms with Crippen molar-refractivity contribution in [3.05, 3.63) is 33.0 Å². The Labute approximate surface area is 120 Å². The van der Waals surface area contributed by atoms with Crippen LogP contribution in [0.2, 0.25) is 10.6 Å². The molecule has 96 valence electrons. The van der Waals surface area contributed by atoms with Crippen molar-refractivity contribution >= 4 is 40.5 Å². The number of nitrogens with zero attached hydrogens (tertiary/aromatic N) is 4. The van der Waals surface area contributed by atoms with E-state index >= 15 is 0 Å². The number of anilines is 1. The lowest BCUT2D eigenvalue weighted by atomic mass is 10.2. The van der Waals surface area contributed by atoms with E-state index in [0.29, 0.717) is 5.95 Å². The zero-order valence-electron chi connectivity index (χ0n) is 9.97. The zero-order valence-corrected chi connectivity index (χ0v) is 12.3. The summed E-state index contributed by atoms with van der Waals surface area (Å²) < 4.78 is 0. The van der Waals surface area contributed by atoms with Crippen LogP contribution in [0.15, 0.2) is 17.5 Å². The molecule has 1 unspecified atom stereocenters. The normalized spacial score (nSPS) is 12.4. The Kier molecular flexibility index (Phi) is 4.37. The van der Waals surface area contributed by atoms with Crippen LogP contribution in [-0.4, -0.2) is 28.0 Å². The maximum absolute atomic E-state index is 5.77. The van der Waals surface area contributed by atoms with Crippen molar-refractivity contribution in [2.45, 2.75) is 19.4 Å². The molecule has 0 aliphatic heterocycles. The third-order valence-corrected chi connectivity index (χ3v) is 3.86. The van der Waals surface area contributed by atoms with Crippen LogP contribution >= 0.6 is 34.5 Å². The van der Waals surface area contributed by atoms with Crippen molar-refractivity contribution in [1.29, 1.82) is 0 Å². The summed E-state index contributed by atoms with van der Waals surface area (Å²) >= 11 is 13.3. The molecule has 7 heteroatoms. The van der Waals surface area contributed by atoms with Gasteiger partial charge in [0, 0.05) is 24.4 Å². The van der Waals surface area contributed by atoms with Gasteiger partial charge in [-0.3, -0.25) is 0 Å². The highest BCUT2D eigenvalue weighted by Crippen LogP contribution is 2.18. The predicted octanol–water partition coefficient (Wildman–Crippen LogP) is 3.31. The number of thiophene rings is 1. The molecule has 2 heterocycles. The minimum absolute atomic E-state index is 0.111. The Morgan fingerprint density at radius 1 is 1.28 bits per heavy atom. The maximum atomic E-state index is 5.77. The van der Waals surface area contributed by atoms with Crippen molar-refractivity contribution in [1.82, 2.24) is 15.0 Å². The number of aromatic nitrogens is 3. The molecule has 0 aliphatic rings. The van der Waals surface area contributed by atoms with Crippen LogP contribution in [0.5, 0.6) is 0 Å². The molecule has 18 heavy (non-hydrogen) atoms. The highest BCUT2D eigenvalue weighted by atomic mass is 35.5. The molecule has 0 N–H and O–H groups in total. The van der Waals surface area contributed by atoms with Crippen LogP contribution in [0.3, 0.4) is 0 Å². The first-order chi connectivity index (χ1) is 8.56. The quantitative estimate of drug-likeness (QED) is 0.869. The number of hydrogen-bond donors (Lipinski definition) is 0. The van der Waals surface area contributed by atoms with Crippen LogP contribution in [0.4, 0.5) is 5.95 Å². The molecule has 0 spiro atoms. The van der Waals surface area contributed by atoms with E-state index < -0.39 is 0 Å².